The summed E-state index contributed by atoms with van der Waals surface area (Å²) in [6, 6.07) is 12.5. The lowest BCUT2D eigenvalue weighted by Gasteiger charge is -2.44. The Bertz CT molecular complexity index is 1770. The first-order valence-corrected chi connectivity index (χ1v) is 15.0. The molecular formula is C36H35F5N2O3. The number of carbonyl (C=O) groups is 2. The van der Waals surface area contributed by atoms with Crippen LogP contribution < -0.4 is 0 Å². The second kappa shape index (κ2) is 11.9. The van der Waals surface area contributed by atoms with E-state index in [-0.39, 0.29) is 22.4 Å². The molecule has 2 aliphatic rings. The fourth-order valence-corrected chi connectivity index (χ4v) is 6.67. The summed E-state index contributed by atoms with van der Waals surface area (Å²) in [6.45, 7) is 6.92. The number of benzene rings is 3. The quantitative estimate of drug-likeness (QED) is 0.148. The third-order valence-corrected chi connectivity index (χ3v) is 9.47. The molecule has 46 heavy (non-hydrogen) atoms. The molecule has 3 aromatic rings. The van der Waals surface area contributed by atoms with Crippen molar-refractivity contribution < 1.29 is 36.6 Å². The van der Waals surface area contributed by atoms with E-state index in [0.717, 1.165) is 47.0 Å². The van der Waals surface area contributed by atoms with Crippen molar-refractivity contribution in [1.29, 1.82) is 5.41 Å². The zero-order valence-corrected chi connectivity index (χ0v) is 26.0. The maximum Gasteiger partial charge on any atom is 0.416 e. The van der Waals surface area contributed by atoms with Crippen LogP contribution in [0, 0.1) is 19.3 Å². The first kappa shape index (κ1) is 33.2. The number of nitrogens with one attached hydrogen (secondary N) is 1. The normalized spacial score (nSPS) is 20.6. The van der Waals surface area contributed by atoms with Gasteiger partial charge in [0.25, 0.3) is 5.92 Å². The molecule has 2 unspecified atom stereocenters. The lowest BCUT2D eigenvalue weighted by atomic mass is 9.79. The molecule has 0 bridgehead atoms. The average Bonchev–Trinajstić information content (AvgIpc) is 3.39. The minimum Gasteiger partial charge on any atom is -0.509 e. The molecule has 3 aromatic carbocycles. The number of aryl methyl sites for hydroxylation is 1. The zero-order valence-electron chi connectivity index (χ0n) is 26.0. The maximum atomic E-state index is 14.1. The number of carbonyl (C=O) groups excluding carboxylic acids is 2. The number of fused-ring (bicyclic) bond motifs is 1. The van der Waals surface area contributed by atoms with Crippen molar-refractivity contribution in [3.8, 4) is 11.1 Å². The number of Topliss-reactive ketones (excluding diaryl/α,β-unsaturated/α-hetero) is 2. The van der Waals surface area contributed by atoms with Gasteiger partial charge < -0.3 is 10.5 Å². The van der Waals surface area contributed by atoms with Crippen LogP contribution in [0.3, 0.4) is 0 Å². The van der Waals surface area contributed by atoms with Gasteiger partial charge in [-0.3, -0.25) is 14.5 Å². The Kier molecular flexibility index (Phi) is 8.57. The third kappa shape index (κ3) is 6.02. The Morgan fingerprint density at radius 2 is 1.72 bits per heavy atom. The molecule has 0 saturated carbocycles. The van der Waals surface area contributed by atoms with Gasteiger partial charge in [0.05, 0.1) is 23.6 Å². The van der Waals surface area contributed by atoms with Crippen LogP contribution in [-0.4, -0.2) is 45.4 Å². The summed E-state index contributed by atoms with van der Waals surface area (Å²) >= 11 is 0. The van der Waals surface area contributed by atoms with E-state index in [9.17, 15) is 36.6 Å². The Balaban J connectivity index is 1.52. The monoisotopic (exact) mass is 638 g/mol. The van der Waals surface area contributed by atoms with Crippen LogP contribution in [0.15, 0.2) is 72.0 Å². The predicted octanol–water partition coefficient (Wildman–Crippen LogP) is 8.29. The molecule has 0 spiro atoms. The van der Waals surface area contributed by atoms with Crippen LogP contribution in [0.5, 0.6) is 0 Å². The standard InChI is InChI=1S/C36H35F5N2O3/c1-20-8-5-9-22(21(20)2)17-29-32(45)31(33(46)34(3)14-7-15-43(29)34)30(44)19-28(42)26-13-12-25(36(39,40)41)18-27(26)23-10-6-11-24(16-23)35(4,37)38/h5-6,8-13,16,18,29,42,46H,7,14-15,17,19H2,1-4H3. The summed E-state index contributed by atoms with van der Waals surface area (Å²) in [5.41, 5.74) is -0.502. The van der Waals surface area contributed by atoms with E-state index in [2.05, 4.69) is 0 Å². The molecule has 2 N–H and O–H groups in total. The molecular weight excluding hydrogens is 603 g/mol. The third-order valence-electron chi connectivity index (χ3n) is 9.47. The largest absolute Gasteiger partial charge is 0.509 e. The minimum absolute atomic E-state index is 0.0100. The van der Waals surface area contributed by atoms with Crippen LogP contribution in [-0.2, 0) is 28.1 Å². The summed E-state index contributed by atoms with van der Waals surface area (Å²) < 4.78 is 69.4. The number of halogens is 5. The summed E-state index contributed by atoms with van der Waals surface area (Å²) in [6.07, 6.45) is -3.94. The van der Waals surface area contributed by atoms with Crippen molar-refractivity contribution in [2.75, 3.05) is 6.54 Å². The lowest BCUT2D eigenvalue weighted by molar-refractivity contribution is -0.137. The molecule has 0 aliphatic carbocycles. The van der Waals surface area contributed by atoms with Gasteiger partial charge in [-0.25, -0.2) is 8.78 Å². The molecule has 0 amide bonds. The van der Waals surface area contributed by atoms with Crippen LogP contribution in [0.2, 0.25) is 0 Å². The number of ketones is 2. The Labute approximate surface area is 264 Å². The Hall–Kier alpha value is -4.18. The number of aliphatic hydroxyl groups is 1. The minimum atomic E-state index is -4.75. The molecule has 1 saturated heterocycles. The second-order valence-corrected chi connectivity index (χ2v) is 12.5. The van der Waals surface area contributed by atoms with Gasteiger partial charge in [-0.1, -0.05) is 42.5 Å². The second-order valence-electron chi connectivity index (χ2n) is 12.5. The fraction of sp³-hybridized carbons (Fsp3) is 0.361. The van der Waals surface area contributed by atoms with Crippen molar-refractivity contribution in [3.63, 3.8) is 0 Å². The molecule has 2 heterocycles. The smallest absolute Gasteiger partial charge is 0.416 e. The molecule has 0 aromatic heterocycles. The molecule has 5 nitrogen and oxygen atoms in total. The van der Waals surface area contributed by atoms with Gasteiger partial charge in [-0.2, -0.15) is 13.2 Å². The lowest BCUT2D eigenvalue weighted by Crippen LogP contribution is -2.58. The maximum absolute atomic E-state index is 14.1. The Morgan fingerprint density at radius 3 is 2.39 bits per heavy atom. The highest BCUT2D eigenvalue weighted by atomic mass is 19.4. The summed E-state index contributed by atoms with van der Waals surface area (Å²) in [5, 5.41) is 20.2. The van der Waals surface area contributed by atoms with Gasteiger partial charge in [0.2, 0.25) is 0 Å². The number of hydrogen-bond acceptors (Lipinski definition) is 5. The SMILES string of the molecule is Cc1cccc(CC2C(=O)C(C(=O)CC(=N)c3ccc(C(F)(F)F)cc3-c3cccc(C(C)(F)F)c3)=C(O)C3(C)CCCN23)c1C. The van der Waals surface area contributed by atoms with Gasteiger partial charge in [0.1, 0.15) is 11.3 Å². The van der Waals surface area contributed by atoms with E-state index < -0.39 is 64.1 Å². The van der Waals surface area contributed by atoms with Crippen molar-refractivity contribution >= 4 is 17.3 Å². The molecule has 10 heteroatoms. The van der Waals surface area contributed by atoms with Crippen molar-refractivity contribution in [1.82, 2.24) is 4.90 Å². The van der Waals surface area contributed by atoms with Crippen LogP contribution in [0.25, 0.3) is 11.1 Å². The van der Waals surface area contributed by atoms with Crippen LogP contribution in [0.1, 0.15) is 66.5 Å². The summed E-state index contributed by atoms with van der Waals surface area (Å²) in [7, 11) is 0. The highest BCUT2D eigenvalue weighted by Gasteiger charge is 2.53. The van der Waals surface area contributed by atoms with E-state index in [1.165, 1.54) is 12.1 Å². The van der Waals surface area contributed by atoms with Gasteiger partial charge in [-0.05, 0) is 92.6 Å². The number of hydrogen-bond donors (Lipinski definition) is 2. The first-order chi connectivity index (χ1) is 21.4. The Morgan fingerprint density at radius 1 is 1.02 bits per heavy atom. The molecule has 2 aliphatic heterocycles. The molecule has 1 fully saturated rings. The molecule has 0 radical (unpaired) electrons. The summed E-state index contributed by atoms with van der Waals surface area (Å²) in [4.78, 5) is 29.8. The van der Waals surface area contributed by atoms with Crippen LogP contribution in [0.4, 0.5) is 22.0 Å². The van der Waals surface area contributed by atoms with Gasteiger partial charge in [0.15, 0.2) is 11.6 Å². The first-order valence-electron chi connectivity index (χ1n) is 15.0. The number of rotatable bonds is 8. The van der Waals surface area contributed by atoms with E-state index in [4.69, 9.17) is 5.41 Å². The van der Waals surface area contributed by atoms with Gasteiger partial charge in [0, 0.05) is 23.8 Å². The fourth-order valence-electron chi connectivity index (χ4n) is 6.67. The highest BCUT2D eigenvalue weighted by Crippen LogP contribution is 2.43. The molecule has 5 rings (SSSR count). The molecule has 2 atom stereocenters. The predicted molar refractivity (Wildman–Crippen MR) is 165 cm³/mol. The van der Waals surface area contributed by atoms with Crippen molar-refractivity contribution in [2.45, 2.75) is 77.1 Å². The summed E-state index contributed by atoms with van der Waals surface area (Å²) in [5.74, 6) is -5.03. The highest BCUT2D eigenvalue weighted by molar-refractivity contribution is 6.28. The average molecular weight is 639 g/mol. The molecule has 242 valence electrons. The van der Waals surface area contributed by atoms with Crippen molar-refractivity contribution in [2.24, 2.45) is 0 Å². The van der Waals surface area contributed by atoms with Crippen LogP contribution >= 0.6 is 0 Å². The number of aliphatic hydroxyl groups excluding tert-OH is 1. The van der Waals surface area contributed by atoms with E-state index in [0.29, 0.717) is 32.7 Å². The van der Waals surface area contributed by atoms with Gasteiger partial charge in [-0.15, -0.1) is 0 Å². The number of alkyl halides is 5. The van der Waals surface area contributed by atoms with E-state index in [1.807, 2.05) is 36.9 Å². The topological polar surface area (TPSA) is 81.5 Å². The van der Waals surface area contributed by atoms with Gasteiger partial charge >= 0.3 is 6.18 Å². The van der Waals surface area contributed by atoms with E-state index in [1.54, 1.807) is 6.92 Å². The number of nitrogens with zero attached hydrogens (tertiary/aromatic N) is 1. The van der Waals surface area contributed by atoms with Crippen molar-refractivity contribution in [3.05, 3.63) is 105 Å². The zero-order chi connectivity index (χ0) is 33.8. The van der Waals surface area contributed by atoms with E-state index >= 15 is 0 Å².